The molecule has 2 heterocycles. The highest BCUT2D eigenvalue weighted by Gasteiger charge is 2.19. The highest BCUT2D eigenvalue weighted by atomic mass is 19.1. The number of benzene rings is 2. The number of nitrogens with zero attached hydrogens (tertiary/aromatic N) is 2. The summed E-state index contributed by atoms with van der Waals surface area (Å²) in [4.78, 5) is 4.08. The molecule has 1 fully saturated rings. The quantitative estimate of drug-likeness (QED) is 0.573. The maximum absolute atomic E-state index is 14.7. The van der Waals surface area contributed by atoms with E-state index in [1.807, 2.05) is 0 Å². The fraction of sp³-hybridized carbons (Fsp3) is 0.320. The van der Waals surface area contributed by atoms with E-state index in [1.54, 1.807) is 42.1 Å². The molecule has 0 aliphatic carbocycles. The van der Waals surface area contributed by atoms with Crippen molar-refractivity contribution in [2.24, 2.45) is 0 Å². The molecule has 2 atom stereocenters. The van der Waals surface area contributed by atoms with Gasteiger partial charge in [0.05, 0.1) is 19.8 Å². The second-order valence-corrected chi connectivity index (χ2v) is 7.33. The first-order valence-electron chi connectivity index (χ1n) is 10.5. The average molecular weight is 456 g/mol. The van der Waals surface area contributed by atoms with Crippen LogP contribution >= 0.6 is 0 Å². The third kappa shape index (κ3) is 6.17. The lowest BCUT2D eigenvalue weighted by atomic mass is 10.0. The first-order chi connectivity index (χ1) is 16.0. The monoisotopic (exact) mass is 456 g/mol. The minimum Gasteiger partial charge on any atom is -0.485 e. The molecule has 0 amide bonds. The van der Waals surface area contributed by atoms with Crippen LogP contribution in [-0.4, -0.2) is 46.2 Å². The van der Waals surface area contributed by atoms with Gasteiger partial charge in [0.15, 0.2) is 11.6 Å². The van der Waals surface area contributed by atoms with Crippen LogP contribution in [0.2, 0.25) is 0 Å². The van der Waals surface area contributed by atoms with Gasteiger partial charge in [0.1, 0.15) is 23.8 Å². The maximum Gasteiger partial charge on any atom is 0.165 e. The van der Waals surface area contributed by atoms with E-state index in [1.165, 1.54) is 18.2 Å². The largest absolute Gasteiger partial charge is 0.485 e. The first-order valence-corrected chi connectivity index (χ1v) is 10.5. The van der Waals surface area contributed by atoms with Crippen LogP contribution in [0.25, 0.3) is 11.1 Å². The third-order valence-electron chi connectivity index (χ3n) is 5.00. The van der Waals surface area contributed by atoms with Crippen molar-refractivity contribution in [1.29, 1.82) is 0 Å². The van der Waals surface area contributed by atoms with Gasteiger partial charge < -0.3 is 24.3 Å². The SMILES string of the molecule is CC(O)c1nccn1CC#Cc1ccc(-c2ccc(O[C@H]3CCOC3)c(F)c2)c(F)c1.CO. The Hall–Kier alpha value is -3.25. The van der Waals surface area contributed by atoms with Gasteiger partial charge in [-0.1, -0.05) is 24.0 Å². The zero-order valence-corrected chi connectivity index (χ0v) is 18.5. The molecule has 0 saturated carbocycles. The molecule has 1 aromatic heterocycles. The van der Waals surface area contributed by atoms with E-state index >= 15 is 0 Å². The number of aliphatic hydroxyl groups is 2. The maximum atomic E-state index is 14.7. The Bertz CT molecular complexity index is 1130. The van der Waals surface area contributed by atoms with Gasteiger partial charge in [-0.15, -0.1) is 0 Å². The van der Waals surface area contributed by atoms with E-state index in [0.29, 0.717) is 36.7 Å². The highest BCUT2D eigenvalue weighted by Crippen LogP contribution is 2.29. The number of hydrogen-bond donors (Lipinski definition) is 2. The average Bonchev–Trinajstić information content (AvgIpc) is 3.49. The summed E-state index contributed by atoms with van der Waals surface area (Å²) in [6.45, 7) is 3.00. The zero-order chi connectivity index (χ0) is 23.8. The van der Waals surface area contributed by atoms with Crippen LogP contribution in [0, 0.1) is 23.5 Å². The van der Waals surface area contributed by atoms with Crippen LogP contribution in [0.15, 0.2) is 48.8 Å². The summed E-state index contributed by atoms with van der Waals surface area (Å²) in [5, 5.41) is 16.7. The van der Waals surface area contributed by atoms with Crippen molar-refractivity contribution < 1.29 is 28.5 Å². The van der Waals surface area contributed by atoms with Crippen molar-refractivity contribution >= 4 is 0 Å². The Morgan fingerprint density at radius 1 is 1.21 bits per heavy atom. The lowest BCUT2D eigenvalue weighted by molar-refractivity contribution is 0.138. The summed E-state index contributed by atoms with van der Waals surface area (Å²) in [6, 6.07) is 9.01. The fourth-order valence-corrected chi connectivity index (χ4v) is 3.43. The molecule has 174 valence electrons. The summed E-state index contributed by atoms with van der Waals surface area (Å²) in [6.07, 6.45) is 3.18. The summed E-state index contributed by atoms with van der Waals surface area (Å²) < 4.78 is 41.7. The second kappa shape index (κ2) is 11.6. The van der Waals surface area contributed by atoms with Crippen LogP contribution in [0.3, 0.4) is 0 Å². The molecule has 33 heavy (non-hydrogen) atoms. The molecule has 0 bridgehead atoms. The molecule has 2 N–H and O–H groups in total. The fourth-order valence-electron chi connectivity index (χ4n) is 3.43. The van der Waals surface area contributed by atoms with Gasteiger partial charge in [-0.25, -0.2) is 13.8 Å². The number of aromatic nitrogens is 2. The molecular weight excluding hydrogens is 430 g/mol. The minimum absolute atomic E-state index is 0.137. The van der Waals surface area contributed by atoms with Crippen molar-refractivity contribution in [1.82, 2.24) is 9.55 Å². The second-order valence-electron chi connectivity index (χ2n) is 7.33. The Morgan fingerprint density at radius 2 is 2.03 bits per heavy atom. The molecule has 0 radical (unpaired) electrons. The van der Waals surface area contributed by atoms with Crippen LogP contribution in [0.4, 0.5) is 8.78 Å². The molecule has 6 nitrogen and oxygen atoms in total. The van der Waals surface area contributed by atoms with Crippen molar-refractivity contribution in [3.63, 3.8) is 0 Å². The van der Waals surface area contributed by atoms with Crippen molar-refractivity contribution in [2.75, 3.05) is 20.3 Å². The van der Waals surface area contributed by atoms with Gasteiger partial charge in [-0.2, -0.15) is 0 Å². The molecule has 4 rings (SSSR count). The predicted molar refractivity (Wildman–Crippen MR) is 120 cm³/mol. The van der Waals surface area contributed by atoms with Crippen LogP contribution < -0.4 is 4.74 Å². The first kappa shape index (κ1) is 24.4. The number of ether oxygens (including phenoxy) is 2. The van der Waals surface area contributed by atoms with Gasteiger partial charge in [0.2, 0.25) is 0 Å². The molecule has 1 aliphatic heterocycles. The van der Waals surface area contributed by atoms with E-state index in [0.717, 1.165) is 13.5 Å². The number of halogens is 2. The standard InChI is InChI=1S/C24H22F2N2O3.CH4O/c1-16(29)24-27-9-11-28(24)10-2-3-17-4-6-20(21(25)13-17)18-5-7-23(22(26)14-18)31-19-8-12-30-15-19;1-2/h4-7,9,11,13-14,16,19,29H,8,10,12,15H2,1H3;2H,1H3/t16?,19-;/m0./s1. The summed E-state index contributed by atoms with van der Waals surface area (Å²) in [5.74, 6) is 5.48. The molecular formula is C25H26F2N2O4. The minimum atomic E-state index is -0.697. The number of aliphatic hydroxyl groups excluding tert-OH is 2. The van der Waals surface area contributed by atoms with Crippen molar-refractivity contribution in [2.45, 2.75) is 32.1 Å². The molecule has 1 unspecified atom stereocenters. The van der Waals surface area contributed by atoms with E-state index in [9.17, 15) is 13.9 Å². The third-order valence-corrected chi connectivity index (χ3v) is 5.00. The van der Waals surface area contributed by atoms with Gasteiger partial charge in [-0.05, 0) is 36.8 Å². The molecule has 8 heteroatoms. The van der Waals surface area contributed by atoms with Gasteiger partial charge in [-0.3, -0.25) is 0 Å². The summed E-state index contributed by atoms with van der Waals surface area (Å²) in [5.41, 5.74) is 1.21. The molecule has 2 aromatic carbocycles. The van der Waals surface area contributed by atoms with Gasteiger partial charge >= 0.3 is 0 Å². The predicted octanol–water partition coefficient (Wildman–Crippen LogP) is 3.71. The van der Waals surface area contributed by atoms with Crippen LogP contribution in [0.1, 0.15) is 30.8 Å². The zero-order valence-electron chi connectivity index (χ0n) is 18.5. The molecule has 1 saturated heterocycles. The Labute approximate surface area is 191 Å². The van der Waals surface area contributed by atoms with E-state index < -0.39 is 17.7 Å². The van der Waals surface area contributed by atoms with E-state index in [4.69, 9.17) is 14.6 Å². The van der Waals surface area contributed by atoms with Gasteiger partial charge in [0.25, 0.3) is 0 Å². The number of hydrogen-bond acceptors (Lipinski definition) is 5. The summed E-state index contributed by atoms with van der Waals surface area (Å²) >= 11 is 0. The van der Waals surface area contributed by atoms with Gasteiger partial charge in [0, 0.05) is 37.1 Å². The Balaban J connectivity index is 0.00000149. The van der Waals surface area contributed by atoms with E-state index in [-0.39, 0.29) is 17.4 Å². The van der Waals surface area contributed by atoms with Crippen molar-refractivity contribution in [3.8, 4) is 28.7 Å². The van der Waals surface area contributed by atoms with Crippen LogP contribution in [0.5, 0.6) is 5.75 Å². The Kier molecular flexibility index (Phi) is 8.55. The molecule has 3 aromatic rings. The molecule has 0 spiro atoms. The van der Waals surface area contributed by atoms with E-state index in [2.05, 4.69) is 16.8 Å². The normalized spacial score (nSPS) is 15.8. The molecule has 1 aliphatic rings. The van der Waals surface area contributed by atoms with Crippen LogP contribution in [-0.2, 0) is 11.3 Å². The Morgan fingerprint density at radius 3 is 2.70 bits per heavy atom. The lowest BCUT2D eigenvalue weighted by Gasteiger charge is -2.13. The number of rotatable bonds is 5. The topological polar surface area (TPSA) is 76.7 Å². The summed E-state index contributed by atoms with van der Waals surface area (Å²) in [7, 11) is 1.00. The highest BCUT2D eigenvalue weighted by molar-refractivity contribution is 5.66. The lowest BCUT2D eigenvalue weighted by Crippen LogP contribution is -2.16. The number of imidazole rings is 1. The van der Waals surface area contributed by atoms with Crippen molar-refractivity contribution in [3.05, 3.63) is 71.8 Å². The smallest absolute Gasteiger partial charge is 0.165 e.